The van der Waals surface area contributed by atoms with Crippen LogP contribution in [0.15, 0.2) is 29.2 Å². The lowest BCUT2D eigenvalue weighted by atomic mass is 10.1. The summed E-state index contributed by atoms with van der Waals surface area (Å²) in [7, 11) is -1.95. The summed E-state index contributed by atoms with van der Waals surface area (Å²) in [5.41, 5.74) is 6.64. The maximum atomic E-state index is 12.6. The Bertz CT molecular complexity index is 611. The molecule has 1 fully saturated rings. The van der Waals surface area contributed by atoms with E-state index in [1.807, 2.05) is 6.92 Å². The molecular weight excluding hydrogens is 290 g/mol. The Labute approximate surface area is 125 Å². The number of likely N-dealkylation sites (N-methyl/N-ethyl adjacent to an activating group) is 1. The Hall–Kier alpha value is -1.44. The molecule has 1 aliphatic heterocycles. The monoisotopic (exact) mass is 311 g/mol. The lowest BCUT2D eigenvalue weighted by Crippen LogP contribution is -2.38. The van der Waals surface area contributed by atoms with Gasteiger partial charge >= 0.3 is 0 Å². The van der Waals surface area contributed by atoms with Gasteiger partial charge in [0.25, 0.3) is 0 Å². The third kappa shape index (κ3) is 3.42. The van der Waals surface area contributed by atoms with Gasteiger partial charge in [0.15, 0.2) is 0 Å². The Morgan fingerprint density at radius 1 is 1.19 bits per heavy atom. The minimum atomic E-state index is -3.64. The van der Waals surface area contributed by atoms with Crippen LogP contribution in [0.5, 0.6) is 0 Å². The smallest absolute Gasteiger partial charge is 0.243 e. The summed E-state index contributed by atoms with van der Waals surface area (Å²) in [5, 5.41) is 0. The van der Waals surface area contributed by atoms with Gasteiger partial charge in [-0.2, -0.15) is 4.31 Å². The molecule has 1 aliphatic rings. The van der Waals surface area contributed by atoms with E-state index in [0.717, 1.165) is 5.56 Å². The fourth-order valence-electron chi connectivity index (χ4n) is 2.26. The highest BCUT2D eigenvalue weighted by Gasteiger charge is 2.29. The Morgan fingerprint density at radius 3 is 2.38 bits per heavy atom. The van der Waals surface area contributed by atoms with E-state index in [1.54, 1.807) is 36.2 Å². The van der Waals surface area contributed by atoms with Crippen molar-refractivity contribution in [2.45, 2.75) is 24.3 Å². The predicted molar refractivity (Wildman–Crippen MR) is 80.1 cm³/mol. The lowest BCUT2D eigenvalue weighted by molar-refractivity contribution is -0.129. The number of amides is 1. The van der Waals surface area contributed by atoms with E-state index < -0.39 is 10.0 Å². The van der Waals surface area contributed by atoms with Crippen molar-refractivity contribution in [2.75, 3.05) is 26.7 Å². The van der Waals surface area contributed by atoms with E-state index in [2.05, 4.69) is 0 Å². The number of nitrogens with two attached hydrogens (primary N) is 1. The second-order valence-electron chi connectivity index (χ2n) is 5.37. The molecule has 1 atom stereocenters. The van der Waals surface area contributed by atoms with Gasteiger partial charge in [0.05, 0.1) is 11.4 Å². The molecule has 0 bridgehead atoms. The number of sulfonamides is 1. The zero-order valence-corrected chi connectivity index (χ0v) is 13.1. The van der Waals surface area contributed by atoms with Crippen LogP contribution in [0.3, 0.4) is 0 Å². The Morgan fingerprint density at radius 2 is 1.81 bits per heavy atom. The Balaban J connectivity index is 2.26. The first kappa shape index (κ1) is 15.9. The van der Waals surface area contributed by atoms with Crippen molar-refractivity contribution in [3.05, 3.63) is 29.8 Å². The summed E-state index contributed by atoms with van der Waals surface area (Å²) >= 11 is 0. The largest absolute Gasteiger partial charge is 0.345 e. The number of benzene rings is 1. The SMILES string of the molecule is CC(N)c1ccc(S(=O)(=O)N2CCCN(C)C(=O)C2)cc1. The van der Waals surface area contributed by atoms with Crippen LogP contribution in [0, 0.1) is 0 Å². The Kier molecular flexibility index (Phi) is 4.65. The van der Waals surface area contributed by atoms with E-state index in [4.69, 9.17) is 5.73 Å². The van der Waals surface area contributed by atoms with Crippen molar-refractivity contribution in [2.24, 2.45) is 5.73 Å². The molecule has 1 heterocycles. The van der Waals surface area contributed by atoms with Gasteiger partial charge in [-0.3, -0.25) is 4.79 Å². The maximum absolute atomic E-state index is 12.6. The molecule has 0 aliphatic carbocycles. The minimum Gasteiger partial charge on any atom is -0.345 e. The summed E-state index contributed by atoms with van der Waals surface area (Å²) in [6.07, 6.45) is 0.638. The summed E-state index contributed by atoms with van der Waals surface area (Å²) in [6, 6.07) is 6.38. The molecule has 7 heteroatoms. The van der Waals surface area contributed by atoms with Gasteiger partial charge in [0, 0.05) is 26.2 Å². The average molecular weight is 311 g/mol. The third-order valence-corrected chi connectivity index (χ3v) is 5.54. The minimum absolute atomic E-state index is 0.103. The van der Waals surface area contributed by atoms with Gasteiger partial charge in [-0.25, -0.2) is 8.42 Å². The van der Waals surface area contributed by atoms with E-state index >= 15 is 0 Å². The molecule has 0 radical (unpaired) electrons. The fourth-order valence-corrected chi connectivity index (χ4v) is 3.69. The maximum Gasteiger partial charge on any atom is 0.243 e. The highest BCUT2D eigenvalue weighted by atomic mass is 32.2. The van der Waals surface area contributed by atoms with Crippen molar-refractivity contribution >= 4 is 15.9 Å². The number of hydrogen-bond acceptors (Lipinski definition) is 4. The fraction of sp³-hybridized carbons (Fsp3) is 0.500. The van der Waals surface area contributed by atoms with Crippen molar-refractivity contribution in [1.29, 1.82) is 0 Å². The van der Waals surface area contributed by atoms with Crippen LogP contribution in [0.25, 0.3) is 0 Å². The number of hydrogen-bond donors (Lipinski definition) is 1. The summed E-state index contributed by atoms with van der Waals surface area (Å²) < 4.78 is 26.4. The number of carbonyl (C=O) groups is 1. The molecule has 1 aromatic carbocycles. The van der Waals surface area contributed by atoms with Crippen LogP contribution >= 0.6 is 0 Å². The molecule has 116 valence electrons. The van der Waals surface area contributed by atoms with Crippen LogP contribution in [-0.2, 0) is 14.8 Å². The molecule has 1 saturated heterocycles. The predicted octanol–water partition coefficient (Wildman–Crippen LogP) is 0.559. The van der Waals surface area contributed by atoms with Crippen molar-refractivity contribution in [1.82, 2.24) is 9.21 Å². The first-order valence-corrected chi connectivity index (χ1v) is 8.36. The molecule has 21 heavy (non-hydrogen) atoms. The van der Waals surface area contributed by atoms with E-state index in [9.17, 15) is 13.2 Å². The molecule has 1 unspecified atom stereocenters. The van der Waals surface area contributed by atoms with Crippen LogP contribution in [0.1, 0.15) is 24.9 Å². The topological polar surface area (TPSA) is 83.7 Å². The molecule has 2 rings (SSSR count). The normalized spacial score (nSPS) is 19.4. The highest BCUT2D eigenvalue weighted by Crippen LogP contribution is 2.20. The van der Waals surface area contributed by atoms with Crippen LogP contribution in [-0.4, -0.2) is 50.2 Å². The second kappa shape index (κ2) is 6.13. The summed E-state index contributed by atoms with van der Waals surface area (Å²) in [6.45, 7) is 2.67. The molecular formula is C14H21N3O3S. The third-order valence-electron chi connectivity index (χ3n) is 3.68. The average Bonchev–Trinajstić information content (AvgIpc) is 2.61. The van der Waals surface area contributed by atoms with E-state index in [-0.39, 0.29) is 23.4 Å². The van der Waals surface area contributed by atoms with Gasteiger partial charge in [-0.15, -0.1) is 0 Å². The van der Waals surface area contributed by atoms with Crippen molar-refractivity contribution in [3.8, 4) is 0 Å². The van der Waals surface area contributed by atoms with Crippen LogP contribution in [0.2, 0.25) is 0 Å². The van der Waals surface area contributed by atoms with E-state index in [0.29, 0.717) is 19.5 Å². The number of rotatable bonds is 3. The second-order valence-corrected chi connectivity index (χ2v) is 7.30. The van der Waals surface area contributed by atoms with Gasteiger partial charge in [0.2, 0.25) is 15.9 Å². The zero-order chi connectivity index (χ0) is 15.6. The summed E-state index contributed by atoms with van der Waals surface area (Å²) in [5.74, 6) is -0.178. The number of nitrogens with zero attached hydrogens (tertiary/aromatic N) is 2. The standard InChI is InChI=1S/C14H21N3O3S/c1-11(15)12-4-6-13(7-5-12)21(19,20)17-9-3-8-16(2)14(18)10-17/h4-7,11H,3,8-10,15H2,1-2H3. The van der Waals surface area contributed by atoms with Gasteiger partial charge in [-0.1, -0.05) is 12.1 Å². The first-order valence-electron chi connectivity index (χ1n) is 6.92. The molecule has 1 amide bonds. The molecule has 2 N–H and O–H groups in total. The molecule has 0 aromatic heterocycles. The number of carbonyl (C=O) groups excluding carboxylic acids is 1. The zero-order valence-electron chi connectivity index (χ0n) is 12.3. The van der Waals surface area contributed by atoms with Crippen LogP contribution in [0.4, 0.5) is 0 Å². The highest BCUT2D eigenvalue weighted by molar-refractivity contribution is 7.89. The van der Waals surface area contributed by atoms with Gasteiger partial charge in [-0.05, 0) is 31.0 Å². The lowest BCUT2D eigenvalue weighted by Gasteiger charge is -2.19. The molecule has 0 spiro atoms. The quantitative estimate of drug-likeness (QED) is 0.884. The van der Waals surface area contributed by atoms with E-state index in [1.165, 1.54) is 4.31 Å². The van der Waals surface area contributed by atoms with Crippen LogP contribution < -0.4 is 5.73 Å². The molecule has 6 nitrogen and oxygen atoms in total. The first-order chi connectivity index (χ1) is 9.82. The van der Waals surface area contributed by atoms with Crippen molar-refractivity contribution < 1.29 is 13.2 Å². The molecule has 0 saturated carbocycles. The molecule has 1 aromatic rings. The van der Waals surface area contributed by atoms with Crippen molar-refractivity contribution in [3.63, 3.8) is 0 Å². The summed E-state index contributed by atoms with van der Waals surface area (Å²) in [4.78, 5) is 13.6. The van der Waals surface area contributed by atoms with Gasteiger partial charge < -0.3 is 10.6 Å². The van der Waals surface area contributed by atoms with Gasteiger partial charge in [0.1, 0.15) is 0 Å².